The molecule has 0 aliphatic carbocycles. The number of rotatable bonds is 5. The van der Waals surface area contributed by atoms with Gasteiger partial charge < -0.3 is 14.6 Å². The largest absolute Gasteiger partial charge is 0.489 e. The van der Waals surface area contributed by atoms with Crippen LogP contribution in [-0.2, 0) is 4.74 Å². The maximum Gasteiger partial charge on any atom is 0.340 e. The van der Waals surface area contributed by atoms with Crippen LogP contribution < -0.4 is 4.74 Å². The van der Waals surface area contributed by atoms with E-state index in [0.717, 1.165) is 0 Å². The molecule has 2 aromatic rings. The van der Waals surface area contributed by atoms with Crippen LogP contribution in [0.1, 0.15) is 20.7 Å². The molecule has 0 unspecified atom stereocenters. The van der Waals surface area contributed by atoms with Crippen molar-refractivity contribution in [3.05, 3.63) is 54.1 Å². The second kappa shape index (κ2) is 6.09. The molecule has 2 rings (SSSR count). The van der Waals surface area contributed by atoms with Gasteiger partial charge in [0, 0.05) is 0 Å². The van der Waals surface area contributed by atoms with Crippen molar-refractivity contribution in [2.24, 2.45) is 0 Å². The minimum absolute atomic E-state index is 0.0609. The number of carbonyl (C=O) groups is 2. The van der Waals surface area contributed by atoms with Gasteiger partial charge in [-0.3, -0.25) is 0 Å². The summed E-state index contributed by atoms with van der Waals surface area (Å²) >= 11 is 0. The van der Waals surface area contributed by atoms with Crippen LogP contribution in [0.4, 0.5) is 0 Å². The van der Waals surface area contributed by atoms with E-state index in [-0.39, 0.29) is 17.9 Å². The summed E-state index contributed by atoms with van der Waals surface area (Å²) in [6.07, 6.45) is 1.54. The standard InChI is InChI=1S/C16H14O5/c1-3-8-21-13-7-5-10-9-11(16(19)20-2)4-6-12(10)14(13)15(17)18/h3-7,9H,1,8H2,2H3,(H,17,18). The van der Waals surface area contributed by atoms with E-state index in [0.29, 0.717) is 16.3 Å². The number of hydrogen-bond donors (Lipinski definition) is 1. The Bertz CT molecular complexity index is 718. The summed E-state index contributed by atoms with van der Waals surface area (Å²) in [6.45, 7) is 3.74. The van der Waals surface area contributed by atoms with Gasteiger partial charge in [-0.1, -0.05) is 24.8 Å². The van der Waals surface area contributed by atoms with Gasteiger partial charge in [-0.2, -0.15) is 0 Å². The maximum atomic E-state index is 11.5. The first kappa shape index (κ1) is 14.6. The van der Waals surface area contributed by atoms with Gasteiger partial charge in [0.2, 0.25) is 0 Å². The van der Waals surface area contributed by atoms with Gasteiger partial charge in [0.05, 0.1) is 12.7 Å². The van der Waals surface area contributed by atoms with Crippen LogP contribution in [0.25, 0.3) is 10.8 Å². The Balaban J connectivity index is 2.61. The average molecular weight is 286 g/mol. The molecule has 0 aliphatic rings. The van der Waals surface area contributed by atoms with E-state index < -0.39 is 11.9 Å². The van der Waals surface area contributed by atoms with Crippen molar-refractivity contribution in [2.45, 2.75) is 0 Å². The number of fused-ring (bicyclic) bond motifs is 1. The molecule has 0 aromatic heterocycles. The van der Waals surface area contributed by atoms with Crippen LogP contribution in [0, 0.1) is 0 Å². The Morgan fingerprint density at radius 1 is 1.29 bits per heavy atom. The molecule has 0 bridgehead atoms. The van der Waals surface area contributed by atoms with E-state index in [2.05, 4.69) is 11.3 Å². The Hall–Kier alpha value is -2.82. The quantitative estimate of drug-likeness (QED) is 0.676. The van der Waals surface area contributed by atoms with E-state index in [1.807, 2.05) is 0 Å². The molecule has 21 heavy (non-hydrogen) atoms. The monoisotopic (exact) mass is 286 g/mol. The third-order valence-corrected chi connectivity index (χ3v) is 2.97. The molecule has 5 nitrogen and oxygen atoms in total. The minimum Gasteiger partial charge on any atom is -0.489 e. The van der Waals surface area contributed by atoms with Gasteiger partial charge in [-0.25, -0.2) is 9.59 Å². The summed E-state index contributed by atoms with van der Waals surface area (Å²) in [6, 6.07) is 7.96. The van der Waals surface area contributed by atoms with Crippen LogP contribution in [0.3, 0.4) is 0 Å². The van der Waals surface area contributed by atoms with Gasteiger partial charge in [-0.15, -0.1) is 0 Å². The van der Waals surface area contributed by atoms with E-state index in [4.69, 9.17) is 4.74 Å². The molecule has 0 saturated carbocycles. The first-order valence-corrected chi connectivity index (χ1v) is 6.20. The summed E-state index contributed by atoms with van der Waals surface area (Å²) < 4.78 is 10.0. The number of aromatic carboxylic acids is 1. The number of esters is 1. The summed E-state index contributed by atoms with van der Waals surface area (Å²) in [7, 11) is 1.29. The molecule has 5 heteroatoms. The summed E-state index contributed by atoms with van der Waals surface area (Å²) in [5.74, 6) is -1.30. The molecule has 0 heterocycles. The zero-order valence-electron chi connectivity index (χ0n) is 11.5. The van der Waals surface area contributed by atoms with Crippen molar-refractivity contribution in [1.29, 1.82) is 0 Å². The fourth-order valence-electron chi connectivity index (χ4n) is 2.04. The molecule has 0 atom stereocenters. The lowest BCUT2D eigenvalue weighted by atomic mass is 10.0. The van der Waals surface area contributed by atoms with Gasteiger partial charge >= 0.3 is 11.9 Å². The molecule has 0 saturated heterocycles. The molecule has 0 radical (unpaired) electrons. The SMILES string of the molecule is C=CCOc1ccc2cc(C(=O)OC)ccc2c1C(=O)O. The number of carboxylic acids is 1. The van der Waals surface area contributed by atoms with Crippen molar-refractivity contribution in [3.63, 3.8) is 0 Å². The lowest BCUT2D eigenvalue weighted by molar-refractivity contribution is 0.0600. The van der Waals surface area contributed by atoms with Gasteiger partial charge in [0.1, 0.15) is 17.9 Å². The fraction of sp³-hybridized carbons (Fsp3) is 0.125. The fourth-order valence-corrected chi connectivity index (χ4v) is 2.04. The Morgan fingerprint density at radius 2 is 2.05 bits per heavy atom. The highest BCUT2D eigenvalue weighted by Crippen LogP contribution is 2.29. The average Bonchev–Trinajstić information content (AvgIpc) is 2.50. The number of benzene rings is 2. The summed E-state index contributed by atoms with van der Waals surface area (Å²) in [5, 5.41) is 10.5. The van der Waals surface area contributed by atoms with Crippen LogP contribution in [0.15, 0.2) is 43.0 Å². The highest BCUT2D eigenvalue weighted by Gasteiger charge is 2.17. The summed E-state index contributed by atoms with van der Waals surface area (Å²) in [4.78, 5) is 23.0. The highest BCUT2D eigenvalue weighted by molar-refractivity contribution is 6.07. The van der Waals surface area contributed by atoms with Gasteiger partial charge in [0.15, 0.2) is 0 Å². The van der Waals surface area contributed by atoms with E-state index in [9.17, 15) is 14.7 Å². The minimum atomic E-state index is -1.09. The summed E-state index contributed by atoms with van der Waals surface area (Å²) in [5.41, 5.74) is 0.423. The van der Waals surface area contributed by atoms with Crippen molar-refractivity contribution in [1.82, 2.24) is 0 Å². The molecule has 0 aliphatic heterocycles. The van der Waals surface area contributed by atoms with E-state index in [1.54, 1.807) is 24.3 Å². The van der Waals surface area contributed by atoms with Crippen LogP contribution >= 0.6 is 0 Å². The maximum absolute atomic E-state index is 11.5. The Kier molecular flexibility index (Phi) is 4.23. The molecule has 108 valence electrons. The van der Waals surface area contributed by atoms with Gasteiger partial charge in [0.25, 0.3) is 0 Å². The first-order valence-electron chi connectivity index (χ1n) is 6.20. The van der Waals surface area contributed by atoms with E-state index in [1.165, 1.54) is 19.3 Å². The zero-order valence-corrected chi connectivity index (χ0v) is 11.5. The van der Waals surface area contributed by atoms with Crippen molar-refractivity contribution in [2.75, 3.05) is 13.7 Å². The molecule has 0 fully saturated rings. The number of carbonyl (C=O) groups excluding carboxylic acids is 1. The van der Waals surface area contributed by atoms with Crippen molar-refractivity contribution in [3.8, 4) is 5.75 Å². The third-order valence-electron chi connectivity index (χ3n) is 2.97. The predicted molar refractivity (Wildman–Crippen MR) is 77.9 cm³/mol. The molecular weight excluding hydrogens is 272 g/mol. The number of methoxy groups -OCH3 is 1. The lowest BCUT2D eigenvalue weighted by Crippen LogP contribution is -2.05. The van der Waals surface area contributed by atoms with Crippen molar-refractivity contribution < 1.29 is 24.2 Å². The number of hydrogen-bond acceptors (Lipinski definition) is 4. The second-order valence-corrected chi connectivity index (χ2v) is 4.27. The molecular formula is C16H14O5. The smallest absolute Gasteiger partial charge is 0.340 e. The molecule has 0 amide bonds. The number of carboxylic acid groups (broad SMARTS) is 1. The molecule has 2 aromatic carbocycles. The molecule has 1 N–H and O–H groups in total. The van der Waals surface area contributed by atoms with Crippen LogP contribution in [0.5, 0.6) is 5.75 Å². The van der Waals surface area contributed by atoms with Crippen LogP contribution in [-0.4, -0.2) is 30.8 Å². The first-order chi connectivity index (χ1) is 10.1. The predicted octanol–water partition coefficient (Wildman–Crippen LogP) is 2.89. The second-order valence-electron chi connectivity index (χ2n) is 4.27. The topological polar surface area (TPSA) is 72.8 Å². The van der Waals surface area contributed by atoms with E-state index >= 15 is 0 Å². The van der Waals surface area contributed by atoms with Crippen molar-refractivity contribution >= 4 is 22.7 Å². The third kappa shape index (κ3) is 2.86. The normalized spacial score (nSPS) is 10.1. The van der Waals surface area contributed by atoms with Crippen LogP contribution in [0.2, 0.25) is 0 Å². The molecule has 0 spiro atoms. The Morgan fingerprint density at radius 3 is 2.67 bits per heavy atom. The zero-order chi connectivity index (χ0) is 15.4. The lowest BCUT2D eigenvalue weighted by Gasteiger charge is -2.11. The number of ether oxygens (including phenoxy) is 2. The Labute approximate surface area is 121 Å². The highest BCUT2D eigenvalue weighted by atomic mass is 16.5. The van der Waals surface area contributed by atoms with Gasteiger partial charge in [-0.05, 0) is 29.0 Å².